The van der Waals surface area contributed by atoms with E-state index in [1.165, 1.54) is 27.8 Å². The van der Waals surface area contributed by atoms with Crippen molar-refractivity contribution in [2.24, 2.45) is 5.73 Å². The molecule has 0 aliphatic carbocycles. The number of benzene rings is 2. The average molecular weight is 318 g/mol. The van der Waals surface area contributed by atoms with Crippen LogP contribution in [0.4, 0.5) is 0 Å². The molecule has 1 unspecified atom stereocenters. The van der Waals surface area contributed by atoms with Gasteiger partial charge in [-0.1, -0.05) is 40.2 Å². The number of aryl methyl sites for hydroxylation is 3. The van der Waals surface area contributed by atoms with Gasteiger partial charge in [-0.2, -0.15) is 0 Å². The Balaban J connectivity index is 2.20. The van der Waals surface area contributed by atoms with Crippen molar-refractivity contribution in [2.45, 2.75) is 33.2 Å². The molecule has 0 heterocycles. The third-order valence-electron chi connectivity index (χ3n) is 3.66. The summed E-state index contributed by atoms with van der Waals surface area (Å²) >= 11 is 3.49. The molecule has 0 bridgehead atoms. The molecule has 2 heteroatoms. The van der Waals surface area contributed by atoms with Crippen molar-refractivity contribution in [3.63, 3.8) is 0 Å². The highest BCUT2D eigenvalue weighted by Gasteiger charge is 2.10. The molecule has 0 spiro atoms. The summed E-state index contributed by atoms with van der Waals surface area (Å²) in [6.45, 7) is 6.40. The summed E-state index contributed by atoms with van der Waals surface area (Å²) in [5, 5.41) is 0. The number of hydrogen-bond acceptors (Lipinski definition) is 1. The zero-order valence-corrected chi connectivity index (χ0v) is 13.3. The van der Waals surface area contributed by atoms with Crippen LogP contribution in [0, 0.1) is 20.8 Å². The van der Waals surface area contributed by atoms with E-state index in [0.717, 1.165) is 10.9 Å². The largest absolute Gasteiger partial charge is 0.324 e. The lowest BCUT2D eigenvalue weighted by Crippen LogP contribution is -2.14. The molecule has 0 aliphatic rings. The normalized spacial score (nSPS) is 12.5. The minimum Gasteiger partial charge on any atom is -0.324 e. The summed E-state index contributed by atoms with van der Waals surface area (Å²) in [6.07, 6.45) is 0.879. The van der Waals surface area contributed by atoms with Gasteiger partial charge >= 0.3 is 0 Å². The van der Waals surface area contributed by atoms with Crippen molar-refractivity contribution in [3.05, 3.63) is 68.7 Å². The molecular weight excluding hydrogens is 298 g/mol. The van der Waals surface area contributed by atoms with Gasteiger partial charge in [0, 0.05) is 10.5 Å². The van der Waals surface area contributed by atoms with Crippen molar-refractivity contribution >= 4 is 15.9 Å². The third kappa shape index (κ3) is 3.46. The monoisotopic (exact) mass is 317 g/mol. The Labute approximate surface area is 124 Å². The molecule has 2 aromatic rings. The van der Waals surface area contributed by atoms with Crippen molar-refractivity contribution < 1.29 is 0 Å². The van der Waals surface area contributed by atoms with Crippen LogP contribution in [0.1, 0.15) is 33.9 Å². The summed E-state index contributed by atoms with van der Waals surface area (Å²) in [6, 6.07) is 12.9. The van der Waals surface area contributed by atoms with Gasteiger partial charge in [-0.05, 0) is 67.1 Å². The van der Waals surface area contributed by atoms with Crippen LogP contribution >= 0.6 is 15.9 Å². The van der Waals surface area contributed by atoms with Crippen LogP contribution in [0.25, 0.3) is 0 Å². The molecule has 0 aliphatic heterocycles. The molecule has 1 atom stereocenters. The lowest BCUT2D eigenvalue weighted by Gasteiger charge is -2.16. The Bertz CT molecular complexity index is 590. The zero-order chi connectivity index (χ0) is 14.0. The third-order valence-corrected chi connectivity index (χ3v) is 4.15. The molecule has 100 valence electrons. The van der Waals surface area contributed by atoms with Crippen molar-refractivity contribution in [2.75, 3.05) is 0 Å². The maximum Gasteiger partial charge on any atom is 0.0338 e. The van der Waals surface area contributed by atoms with E-state index in [-0.39, 0.29) is 6.04 Å². The molecule has 0 amide bonds. The molecule has 0 aromatic heterocycles. The lowest BCUT2D eigenvalue weighted by molar-refractivity contribution is 0.716. The number of halogens is 1. The minimum atomic E-state index is 0.0511. The van der Waals surface area contributed by atoms with Crippen molar-refractivity contribution in [3.8, 4) is 0 Å². The number of nitrogens with two attached hydrogens (primary N) is 1. The topological polar surface area (TPSA) is 26.0 Å². The summed E-state index contributed by atoms with van der Waals surface area (Å²) in [5.41, 5.74) is 12.8. The van der Waals surface area contributed by atoms with E-state index in [1.807, 2.05) is 0 Å². The Morgan fingerprint density at radius 2 is 1.68 bits per heavy atom. The first-order valence-corrected chi connectivity index (χ1v) is 7.34. The minimum absolute atomic E-state index is 0.0511. The van der Waals surface area contributed by atoms with E-state index in [1.54, 1.807) is 0 Å². The fourth-order valence-electron chi connectivity index (χ4n) is 2.35. The molecule has 0 fully saturated rings. The Kier molecular flexibility index (Phi) is 4.43. The van der Waals surface area contributed by atoms with Gasteiger partial charge in [0.05, 0.1) is 0 Å². The van der Waals surface area contributed by atoms with Crippen LogP contribution in [-0.2, 0) is 6.42 Å². The zero-order valence-electron chi connectivity index (χ0n) is 11.7. The summed E-state index contributed by atoms with van der Waals surface area (Å²) in [7, 11) is 0. The van der Waals surface area contributed by atoms with Gasteiger partial charge < -0.3 is 5.73 Å². The maximum absolute atomic E-state index is 6.35. The van der Waals surface area contributed by atoms with Crippen LogP contribution in [0.2, 0.25) is 0 Å². The fraction of sp³-hybridized carbons (Fsp3) is 0.294. The first kappa shape index (κ1) is 14.3. The second kappa shape index (κ2) is 5.89. The predicted octanol–water partition coefficient (Wildman–Crippen LogP) is 4.62. The van der Waals surface area contributed by atoms with Gasteiger partial charge in [-0.15, -0.1) is 0 Å². The first-order chi connectivity index (χ1) is 8.97. The molecular formula is C17H20BrN. The quantitative estimate of drug-likeness (QED) is 0.878. The highest BCUT2D eigenvalue weighted by atomic mass is 79.9. The highest BCUT2D eigenvalue weighted by molar-refractivity contribution is 9.10. The van der Waals surface area contributed by atoms with Crippen LogP contribution in [0.15, 0.2) is 40.9 Å². The Morgan fingerprint density at radius 1 is 0.947 bits per heavy atom. The second-order valence-electron chi connectivity index (χ2n) is 5.23. The standard InChI is InChI=1S/C17H20BrN/c1-11-4-5-14(8-12(11)2)10-17(19)16-7-6-15(18)9-13(16)3/h4-9,17H,10,19H2,1-3H3. The van der Waals surface area contributed by atoms with Crippen LogP contribution < -0.4 is 5.73 Å². The Hall–Kier alpha value is -1.12. The second-order valence-corrected chi connectivity index (χ2v) is 6.15. The smallest absolute Gasteiger partial charge is 0.0338 e. The van der Waals surface area contributed by atoms with Crippen LogP contribution in [-0.4, -0.2) is 0 Å². The van der Waals surface area contributed by atoms with E-state index in [9.17, 15) is 0 Å². The van der Waals surface area contributed by atoms with Gasteiger partial charge in [-0.3, -0.25) is 0 Å². The Morgan fingerprint density at radius 3 is 2.32 bits per heavy atom. The van der Waals surface area contributed by atoms with E-state index >= 15 is 0 Å². The average Bonchev–Trinajstić information content (AvgIpc) is 2.33. The van der Waals surface area contributed by atoms with Gasteiger partial charge in [0.25, 0.3) is 0 Å². The fourth-order valence-corrected chi connectivity index (χ4v) is 2.83. The predicted molar refractivity (Wildman–Crippen MR) is 85.4 cm³/mol. The van der Waals surface area contributed by atoms with E-state index in [2.05, 4.69) is 73.1 Å². The molecule has 2 rings (SSSR count). The molecule has 2 aromatic carbocycles. The van der Waals surface area contributed by atoms with Crippen molar-refractivity contribution in [1.29, 1.82) is 0 Å². The van der Waals surface area contributed by atoms with Gasteiger partial charge in [0.15, 0.2) is 0 Å². The van der Waals surface area contributed by atoms with Gasteiger partial charge in [-0.25, -0.2) is 0 Å². The maximum atomic E-state index is 6.35. The van der Waals surface area contributed by atoms with Crippen LogP contribution in [0.5, 0.6) is 0 Å². The summed E-state index contributed by atoms with van der Waals surface area (Å²) in [4.78, 5) is 0. The molecule has 1 nitrogen and oxygen atoms in total. The summed E-state index contributed by atoms with van der Waals surface area (Å²) in [5.74, 6) is 0. The number of hydrogen-bond donors (Lipinski definition) is 1. The molecule has 19 heavy (non-hydrogen) atoms. The van der Waals surface area contributed by atoms with Gasteiger partial charge in [0.2, 0.25) is 0 Å². The summed E-state index contributed by atoms with van der Waals surface area (Å²) < 4.78 is 1.10. The number of rotatable bonds is 3. The highest BCUT2D eigenvalue weighted by Crippen LogP contribution is 2.23. The molecule has 0 saturated heterocycles. The SMILES string of the molecule is Cc1ccc(CC(N)c2ccc(Br)cc2C)cc1C. The molecule has 0 radical (unpaired) electrons. The van der Waals surface area contributed by atoms with Crippen molar-refractivity contribution in [1.82, 2.24) is 0 Å². The van der Waals surface area contributed by atoms with E-state index in [0.29, 0.717) is 0 Å². The first-order valence-electron chi connectivity index (χ1n) is 6.55. The lowest BCUT2D eigenvalue weighted by atomic mass is 9.95. The van der Waals surface area contributed by atoms with Gasteiger partial charge in [0.1, 0.15) is 0 Å². The van der Waals surface area contributed by atoms with Crippen LogP contribution in [0.3, 0.4) is 0 Å². The van der Waals surface area contributed by atoms with E-state index in [4.69, 9.17) is 5.73 Å². The molecule has 2 N–H and O–H groups in total. The van der Waals surface area contributed by atoms with E-state index < -0.39 is 0 Å². The molecule has 0 saturated carbocycles.